The van der Waals surface area contributed by atoms with Crippen LogP contribution in [-0.2, 0) is 4.79 Å². The van der Waals surface area contributed by atoms with Crippen LogP contribution in [0.4, 0.5) is 5.82 Å². The molecule has 2 aromatic rings. The highest BCUT2D eigenvalue weighted by atomic mass is 16.1. The third kappa shape index (κ3) is 3.31. The molecule has 0 bridgehead atoms. The van der Waals surface area contributed by atoms with Gasteiger partial charge in [0.25, 0.3) is 0 Å². The van der Waals surface area contributed by atoms with Gasteiger partial charge in [-0.05, 0) is 38.0 Å². The summed E-state index contributed by atoms with van der Waals surface area (Å²) in [5, 5.41) is 9.34. The maximum absolute atomic E-state index is 11.8. The van der Waals surface area contributed by atoms with E-state index in [9.17, 15) is 4.79 Å². The number of benzene rings is 1. The Kier molecular flexibility index (Phi) is 3.80. The Balaban J connectivity index is 2.06. The van der Waals surface area contributed by atoms with Crippen molar-refractivity contribution in [3.63, 3.8) is 0 Å². The molecule has 4 heteroatoms. The zero-order valence-electron chi connectivity index (χ0n) is 11.3. The normalized spacial score (nSPS) is 10.9. The second-order valence-corrected chi connectivity index (χ2v) is 4.61. The quantitative estimate of drug-likeness (QED) is 0.828. The van der Waals surface area contributed by atoms with Gasteiger partial charge in [0.15, 0.2) is 0 Å². The van der Waals surface area contributed by atoms with Gasteiger partial charge in [-0.3, -0.25) is 9.89 Å². The van der Waals surface area contributed by atoms with Crippen LogP contribution in [0, 0.1) is 20.8 Å². The van der Waals surface area contributed by atoms with E-state index in [-0.39, 0.29) is 5.91 Å². The number of carbonyl (C=O) groups excluding carboxylic acids is 1. The smallest absolute Gasteiger partial charge is 0.249 e. The number of carbonyl (C=O) groups is 1. The predicted octanol–water partition coefficient (Wildman–Crippen LogP) is 2.99. The number of aromatic nitrogens is 2. The standard InChI is InChI=1S/C15H17N3O/c1-10-4-5-13(11(2)8-10)6-7-14(19)17-15-12(3)9-16-18-15/h4-9H,1-3H3,(H2,16,17,18,19)/b7-6+. The summed E-state index contributed by atoms with van der Waals surface area (Å²) >= 11 is 0. The van der Waals surface area contributed by atoms with Crippen LogP contribution in [-0.4, -0.2) is 16.1 Å². The third-order valence-electron chi connectivity index (χ3n) is 2.92. The zero-order chi connectivity index (χ0) is 13.8. The van der Waals surface area contributed by atoms with Crippen LogP contribution >= 0.6 is 0 Å². The summed E-state index contributed by atoms with van der Waals surface area (Å²) in [6.45, 7) is 5.96. The lowest BCUT2D eigenvalue weighted by atomic mass is 10.1. The highest BCUT2D eigenvalue weighted by Crippen LogP contribution is 2.13. The molecule has 1 aromatic carbocycles. The molecule has 4 nitrogen and oxygen atoms in total. The second-order valence-electron chi connectivity index (χ2n) is 4.61. The number of hydrogen-bond acceptors (Lipinski definition) is 2. The van der Waals surface area contributed by atoms with Crippen molar-refractivity contribution in [1.82, 2.24) is 10.2 Å². The molecule has 0 unspecified atom stereocenters. The van der Waals surface area contributed by atoms with Crippen LogP contribution in [0.25, 0.3) is 6.08 Å². The van der Waals surface area contributed by atoms with Crippen molar-refractivity contribution in [1.29, 1.82) is 0 Å². The third-order valence-corrected chi connectivity index (χ3v) is 2.92. The Hall–Kier alpha value is -2.36. The molecular weight excluding hydrogens is 238 g/mol. The SMILES string of the molecule is Cc1ccc(/C=C/C(=O)Nc2[nH]ncc2C)c(C)c1. The van der Waals surface area contributed by atoms with Crippen LogP contribution in [0.2, 0.25) is 0 Å². The first kappa shape index (κ1) is 13.1. The van der Waals surface area contributed by atoms with E-state index in [0.29, 0.717) is 5.82 Å². The summed E-state index contributed by atoms with van der Waals surface area (Å²) < 4.78 is 0. The summed E-state index contributed by atoms with van der Waals surface area (Å²) in [5.41, 5.74) is 4.32. The molecule has 0 radical (unpaired) electrons. The molecule has 0 aliphatic rings. The average Bonchev–Trinajstić information content (AvgIpc) is 2.74. The summed E-state index contributed by atoms with van der Waals surface area (Å²) in [6.07, 6.45) is 5.01. The van der Waals surface area contributed by atoms with Crippen molar-refractivity contribution in [3.05, 3.63) is 52.7 Å². The molecule has 0 saturated heterocycles. The molecule has 2 rings (SSSR count). The Labute approximate surface area is 112 Å². The van der Waals surface area contributed by atoms with E-state index < -0.39 is 0 Å². The van der Waals surface area contributed by atoms with Gasteiger partial charge < -0.3 is 5.32 Å². The summed E-state index contributed by atoms with van der Waals surface area (Å²) in [7, 11) is 0. The Morgan fingerprint density at radius 2 is 2.05 bits per heavy atom. The molecule has 0 fully saturated rings. The average molecular weight is 255 g/mol. The molecule has 1 aromatic heterocycles. The van der Waals surface area contributed by atoms with E-state index in [1.165, 1.54) is 11.6 Å². The highest BCUT2D eigenvalue weighted by Gasteiger charge is 2.03. The van der Waals surface area contributed by atoms with Gasteiger partial charge in [0, 0.05) is 11.6 Å². The number of rotatable bonds is 3. The number of anilines is 1. The largest absolute Gasteiger partial charge is 0.307 e. The number of hydrogen-bond donors (Lipinski definition) is 2. The fraction of sp³-hybridized carbons (Fsp3) is 0.200. The predicted molar refractivity (Wildman–Crippen MR) is 76.9 cm³/mol. The fourth-order valence-corrected chi connectivity index (χ4v) is 1.82. The number of aromatic amines is 1. The molecule has 2 N–H and O–H groups in total. The highest BCUT2D eigenvalue weighted by molar-refractivity contribution is 6.01. The Bertz CT molecular complexity index is 626. The lowest BCUT2D eigenvalue weighted by Gasteiger charge is -2.02. The molecule has 0 aliphatic heterocycles. The van der Waals surface area contributed by atoms with Crippen LogP contribution in [0.5, 0.6) is 0 Å². The summed E-state index contributed by atoms with van der Waals surface area (Å²) in [5.74, 6) is 0.461. The van der Waals surface area contributed by atoms with Gasteiger partial charge in [-0.25, -0.2) is 0 Å². The van der Waals surface area contributed by atoms with Crippen LogP contribution in [0.15, 0.2) is 30.5 Å². The first-order valence-electron chi connectivity index (χ1n) is 6.12. The molecule has 1 heterocycles. The molecule has 1 amide bonds. The van der Waals surface area contributed by atoms with Crippen molar-refractivity contribution in [2.24, 2.45) is 0 Å². The fourth-order valence-electron chi connectivity index (χ4n) is 1.82. The van der Waals surface area contributed by atoms with Gasteiger partial charge in [0.2, 0.25) is 5.91 Å². The van der Waals surface area contributed by atoms with Crippen molar-refractivity contribution < 1.29 is 4.79 Å². The van der Waals surface area contributed by atoms with E-state index in [4.69, 9.17) is 0 Å². The lowest BCUT2D eigenvalue weighted by Crippen LogP contribution is -2.09. The molecule has 19 heavy (non-hydrogen) atoms. The Morgan fingerprint density at radius 1 is 1.26 bits per heavy atom. The summed E-state index contributed by atoms with van der Waals surface area (Å²) in [6, 6.07) is 6.14. The Morgan fingerprint density at radius 3 is 2.68 bits per heavy atom. The lowest BCUT2D eigenvalue weighted by molar-refractivity contribution is -0.111. The van der Waals surface area contributed by atoms with Crippen LogP contribution in [0.1, 0.15) is 22.3 Å². The number of H-pyrrole nitrogens is 1. The van der Waals surface area contributed by atoms with Crippen LogP contribution < -0.4 is 5.32 Å². The van der Waals surface area contributed by atoms with E-state index in [0.717, 1.165) is 16.7 Å². The minimum Gasteiger partial charge on any atom is -0.307 e. The monoisotopic (exact) mass is 255 g/mol. The van der Waals surface area contributed by atoms with Gasteiger partial charge >= 0.3 is 0 Å². The van der Waals surface area contributed by atoms with E-state index in [2.05, 4.69) is 21.6 Å². The van der Waals surface area contributed by atoms with E-state index in [1.807, 2.05) is 39.0 Å². The minimum absolute atomic E-state index is 0.174. The van der Waals surface area contributed by atoms with Gasteiger partial charge in [0.1, 0.15) is 5.82 Å². The molecule has 0 spiro atoms. The maximum atomic E-state index is 11.8. The minimum atomic E-state index is -0.174. The second kappa shape index (κ2) is 5.52. The first-order chi connectivity index (χ1) is 9.06. The number of aryl methyl sites for hydroxylation is 3. The molecule has 0 atom stereocenters. The maximum Gasteiger partial charge on any atom is 0.249 e. The molecule has 98 valence electrons. The number of nitrogens with one attached hydrogen (secondary N) is 2. The van der Waals surface area contributed by atoms with Crippen molar-refractivity contribution in [3.8, 4) is 0 Å². The zero-order valence-corrected chi connectivity index (χ0v) is 11.3. The van der Waals surface area contributed by atoms with Gasteiger partial charge in [-0.1, -0.05) is 23.8 Å². The van der Waals surface area contributed by atoms with Gasteiger partial charge in [-0.15, -0.1) is 0 Å². The number of amides is 1. The summed E-state index contributed by atoms with van der Waals surface area (Å²) in [4.78, 5) is 11.8. The first-order valence-corrected chi connectivity index (χ1v) is 6.12. The number of nitrogens with zero attached hydrogens (tertiary/aromatic N) is 1. The van der Waals surface area contributed by atoms with Crippen molar-refractivity contribution in [2.75, 3.05) is 5.32 Å². The van der Waals surface area contributed by atoms with Crippen molar-refractivity contribution >= 4 is 17.8 Å². The molecule has 0 saturated carbocycles. The van der Waals surface area contributed by atoms with E-state index in [1.54, 1.807) is 6.20 Å². The molecular formula is C15H17N3O. The van der Waals surface area contributed by atoms with Gasteiger partial charge in [0.05, 0.1) is 6.20 Å². The topological polar surface area (TPSA) is 57.8 Å². The van der Waals surface area contributed by atoms with E-state index >= 15 is 0 Å². The van der Waals surface area contributed by atoms with Crippen LogP contribution in [0.3, 0.4) is 0 Å². The molecule has 0 aliphatic carbocycles. The van der Waals surface area contributed by atoms with Crippen molar-refractivity contribution in [2.45, 2.75) is 20.8 Å². The van der Waals surface area contributed by atoms with Gasteiger partial charge in [-0.2, -0.15) is 5.10 Å².